The Morgan fingerprint density at radius 1 is 1.20 bits per heavy atom. The minimum atomic E-state index is 0.619. The highest BCUT2D eigenvalue weighted by molar-refractivity contribution is 6.34. The predicted octanol–water partition coefficient (Wildman–Crippen LogP) is 4.97. The fourth-order valence-corrected chi connectivity index (χ4v) is 2.30. The van der Waals surface area contributed by atoms with Crippen molar-refractivity contribution in [2.75, 3.05) is 11.9 Å². The van der Waals surface area contributed by atoms with Crippen molar-refractivity contribution >= 4 is 28.4 Å². The number of hydrogen-bond donors (Lipinski definition) is 1. The lowest BCUT2D eigenvalue weighted by Crippen LogP contribution is -2.01. The summed E-state index contributed by atoms with van der Waals surface area (Å²) in [4.78, 5) is 4.56. The van der Waals surface area contributed by atoms with Crippen molar-refractivity contribution in [3.05, 3.63) is 47.5 Å². The van der Waals surface area contributed by atoms with E-state index in [4.69, 9.17) is 16.0 Å². The number of para-hydroxylation sites is 1. The molecule has 0 unspecified atom stereocenters. The molecule has 0 radical (unpaired) electrons. The number of nitrogens with one attached hydrogen (secondary N) is 1. The number of furan rings is 1. The van der Waals surface area contributed by atoms with Gasteiger partial charge in [-0.15, -0.1) is 0 Å². The number of aromatic nitrogens is 1. The first-order valence-electron chi connectivity index (χ1n) is 6.67. The number of pyridine rings is 1. The molecular formula is C16H15ClN2O. The molecule has 0 saturated heterocycles. The molecular weight excluding hydrogens is 272 g/mol. The molecule has 0 fully saturated rings. The van der Waals surface area contributed by atoms with Crippen molar-refractivity contribution in [2.45, 2.75) is 13.3 Å². The Labute approximate surface area is 122 Å². The zero-order valence-electron chi connectivity index (χ0n) is 11.2. The quantitative estimate of drug-likeness (QED) is 0.736. The van der Waals surface area contributed by atoms with Gasteiger partial charge in [0.25, 0.3) is 0 Å². The van der Waals surface area contributed by atoms with Crippen LogP contribution < -0.4 is 5.32 Å². The molecule has 0 amide bonds. The van der Waals surface area contributed by atoms with Crippen LogP contribution in [0.5, 0.6) is 0 Å². The Morgan fingerprint density at radius 2 is 2.05 bits per heavy atom. The highest BCUT2D eigenvalue weighted by Crippen LogP contribution is 2.31. The number of halogens is 1. The van der Waals surface area contributed by atoms with Crippen LogP contribution in [0.3, 0.4) is 0 Å². The van der Waals surface area contributed by atoms with Gasteiger partial charge < -0.3 is 9.73 Å². The number of hydrogen-bond acceptors (Lipinski definition) is 3. The summed E-state index contributed by atoms with van der Waals surface area (Å²) >= 11 is 6.13. The van der Waals surface area contributed by atoms with Crippen LogP contribution >= 0.6 is 11.6 Å². The average Bonchev–Trinajstić information content (AvgIpc) is 2.91. The van der Waals surface area contributed by atoms with E-state index in [0.29, 0.717) is 10.6 Å². The van der Waals surface area contributed by atoms with E-state index in [1.165, 1.54) is 0 Å². The van der Waals surface area contributed by atoms with Gasteiger partial charge in [-0.3, -0.25) is 0 Å². The van der Waals surface area contributed by atoms with E-state index in [0.717, 1.165) is 35.6 Å². The van der Waals surface area contributed by atoms with Crippen LogP contribution in [0.1, 0.15) is 13.3 Å². The molecule has 102 valence electrons. The minimum absolute atomic E-state index is 0.619. The van der Waals surface area contributed by atoms with Crippen LogP contribution in [0.15, 0.2) is 46.9 Å². The van der Waals surface area contributed by atoms with Crippen LogP contribution in [-0.4, -0.2) is 11.5 Å². The molecule has 4 heteroatoms. The molecule has 3 aromatic rings. The third kappa shape index (κ3) is 2.49. The normalized spacial score (nSPS) is 10.9. The van der Waals surface area contributed by atoms with Gasteiger partial charge in [-0.2, -0.15) is 0 Å². The van der Waals surface area contributed by atoms with Crippen molar-refractivity contribution in [2.24, 2.45) is 0 Å². The summed E-state index contributed by atoms with van der Waals surface area (Å²) < 4.78 is 5.82. The molecule has 0 bridgehead atoms. The molecule has 0 atom stereocenters. The molecule has 0 aliphatic carbocycles. The van der Waals surface area contributed by atoms with Gasteiger partial charge in [0.05, 0.1) is 5.02 Å². The number of nitrogens with zero attached hydrogens (tertiary/aromatic N) is 1. The molecule has 3 rings (SSSR count). The van der Waals surface area contributed by atoms with E-state index in [-0.39, 0.29) is 0 Å². The largest absolute Gasteiger partial charge is 0.453 e. The minimum Gasteiger partial charge on any atom is -0.453 e. The molecule has 0 aliphatic rings. The highest BCUT2D eigenvalue weighted by atomic mass is 35.5. The van der Waals surface area contributed by atoms with Gasteiger partial charge in [-0.1, -0.05) is 36.7 Å². The Morgan fingerprint density at radius 3 is 2.85 bits per heavy atom. The second-order valence-corrected chi connectivity index (χ2v) is 5.01. The van der Waals surface area contributed by atoms with Gasteiger partial charge in [0.15, 0.2) is 11.3 Å². The molecule has 0 aliphatic heterocycles. The lowest BCUT2D eigenvalue weighted by atomic mass is 10.2. The SMILES string of the molecule is CCCNc1cccc(-c2cc3cccc(Cl)c3o2)n1. The van der Waals surface area contributed by atoms with E-state index in [9.17, 15) is 0 Å². The van der Waals surface area contributed by atoms with Gasteiger partial charge in [0.2, 0.25) is 0 Å². The van der Waals surface area contributed by atoms with E-state index in [1.54, 1.807) is 0 Å². The fourth-order valence-electron chi connectivity index (χ4n) is 2.08. The van der Waals surface area contributed by atoms with Gasteiger partial charge in [-0.05, 0) is 30.7 Å². The molecule has 0 spiro atoms. The van der Waals surface area contributed by atoms with E-state index in [1.807, 2.05) is 42.5 Å². The zero-order chi connectivity index (χ0) is 13.9. The fraction of sp³-hybridized carbons (Fsp3) is 0.188. The average molecular weight is 287 g/mol. The first-order valence-corrected chi connectivity index (χ1v) is 7.05. The van der Waals surface area contributed by atoms with Crippen molar-refractivity contribution < 1.29 is 4.42 Å². The summed E-state index contributed by atoms with van der Waals surface area (Å²) in [5.74, 6) is 1.59. The number of rotatable bonds is 4. The summed E-state index contributed by atoms with van der Waals surface area (Å²) in [5, 5.41) is 4.88. The molecule has 0 saturated carbocycles. The number of anilines is 1. The first-order chi connectivity index (χ1) is 9.78. The van der Waals surface area contributed by atoms with Crippen molar-refractivity contribution in [3.8, 4) is 11.5 Å². The van der Waals surface area contributed by atoms with Gasteiger partial charge >= 0.3 is 0 Å². The van der Waals surface area contributed by atoms with E-state index < -0.39 is 0 Å². The zero-order valence-corrected chi connectivity index (χ0v) is 11.9. The summed E-state index contributed by atoms with van der Waals surface area (Å²) in [6.07, 6.45) is 1.06. The molecule has 1 N–H and O–H groups in total. The van der Waals surface area contributed by atoms with Crippen LogP contribution in [-0.2, 0) is 0 Å². The second-order valence-electron chi connectivity index (χ2n) is 4.60. The van der Waals surface area contributed by atoms with Crippen molar-refractivity contribution in [1.29, 1.82) is 0 Å². The van der Waals surface area contributed by atoms with Gasteiger partial charge in [0, 0.05) is 11.9 Å². The first kappa shape index (κ1) is 13.0. The highest BCUT2D eigenvalue weighted by Gasteiger charge is 2.10. The maximum Gasteiger partial charge on any atom is 0.153 e. The topological polar surface area (TPSA) is 38.1 Å². The van der Waals surface area contributed by atoms with Gasteiger partial charge in [-0.25, -0.2) is 4.98 Å². The summed E-state index contributed by atoms with van der Waals surface area (Å²) in [6, 6.07) is 13.5. The maximum absolute atomic E-state index is 6.13. The second kappa shape index (κ2) is 5.55. The smallest absolute Gasteiger partial charge is 0.153 e. The molecule has 2 aromatic heterocycles. The number of benzene rings is 1. The van der Waals surface area contributed by atoms with Crippen molar-refractivity contribution in [1.82, 2.24) is 4.98 Å². The Bertz CT molecular complexity index is 736. The third-order valence-electron chi connectivity index (χ3n) is 3.05. The summed E-state index contributed by atoms with van der Waals surface area (Å²) in [7, 11) is 0. The Balaban J connectivity index is 2.00. The lowest BCUT2D eigenvalue weighted by molar-refractivity contribution is 0.629. The lowest BCUT2D eigenvalue weighted by Gasteiger charge is -2.04. The molecule has 1 aromatic carbocycles. The Kier molecular flexibility index (Phi) is 3.61. The maximum atomic E-state index is 6.13. The predicted molar refractivity (Wildman–Crippen MR) is 83.2 cm³/mol. The standard InChI is InChI=1S/C16H15ClN2O/c1-2-9-18-15-8-4-7-13(19-15)14-10-11-5-3-6-12(17)16(11)20-14/h3-8,10H,2,9H2,1H3,(H,18,19). The molecule has 2 heterocycles. The summed E-state index contributed by atoms with van der Waals surface area (Å²) in [5.41, 5.74) is 1.51. The monoisotopic (exact) mass is 286 g/mol. The van der Waals surface area contributed by atoms with Crippen molar-refractivity contribution in [3.63, 3.8) is 0 Å². The molecule has 20 heavy (non-hydrogen) atoms. The van der Waals surface area contributed by atoms with Crippen LogP contribution in [0.4, 0.5) is 5.82 Å². The Hall–Kier alpha value is -2.00. The van der Waals surface area contributed by atoms with Crippen LogP contribution in [0.25, 0.3) is 22.4 Å². The summed E-state index contributed by atoms with van der Waals surface area (Å²) in [6.45, 7) is 3.03. The van der Waals surface area contributed by atoms with Crippen LogP contribution in [0.2, 0.25) is 5.02 Å². The third-order valence-corrected chi connectivity index (χ3v) is 3.35. The van der Waals surface area contributed by atoms with E-state index >= 15 is 0 Å². The van der Waals surface area contributed by atoms with Crippen LogP contribution in [0, 0.1) is 0 Å². The van der Waals surface area contributed by atoms with E-state index in [2.05, 4.69) is 17.2 Å². The molecule has 3 nitrogen and oxygen atoms in total. The van der Waals surface area contributed by atoms with Gasteiger partial charge in [0.1, 0.15) is 11.5 Å². The number of fused-ring (bicyclic) bond motifs is 1.